The van der Waals surface area contributed by atoms with Crippen LogP contribution in [0.2, 0.25) is 0 Å². The molecule has 3 heterocycles. The Morgan fingerprint density at radius 2 is 2.44 bits per heavy atom. The summed E-state index contributed by atoms with van der Waals surface area (Å²) in [6, 6.07) is 4.07. The number of hydrogen-bond donors (Lipinski definition) is 3. The predicted molar refractivity (Wildman–Crippen MR) is 61.1 cm³/mol. The zero-order valence-electron chi connectivity index (χ0n) is 8.55. The van der Waals surface area contributed by atoms with E-state index in [1.807, 2.05) is 17.5 Å². The molecule has 0 saturated carbocycles. The highest BCUT2D eigenvalue weighted by Gasteiger charge is 2.26. The van der Waals surface area contributed by atoms with Crippen LogP contribution in [0, 0.1) is 0 Å². The molecule has 1 fully saturated rings. The molecule has 1 aliphatic rings. The number of aliphatic hydroxyl groups is 1. The van der Waals surface area contributed by atoms with Crippen LogP contribution in [-0.4, -0.2) is 32.9 Å². The van der Waals surface area contributed by atoms with Gasteiger partial charge in [-0.3, -0.25) is 5.10 Å². The van der Waals surface area contributed by atoms with Crippen molar-refractivity contribution in [2.75, 3.05) is 6.54 Å². The third-order valence-electron chi connectivity index (χ3n) is 2.68. The summed E-state index contributed by atoms with van der Waals surface area (Å²) in [7, 11) is 0. The lowest BCUT2D eigenvalue weighted by Gasteiger charge is -2.03. The molecule has 16 heavy (non-hydrogen) atoms. The molecule has 1 saturated heterocycles. The molecule has 0 unspecified atom stereocenters. The summed E-state index contributed by atoms with van der Waals surface area (Å²) >= 11 is 1.62. The Morgan fingerprint density at radius 1 is 1.50 bits per heavy atom. The van der Waals surface area contributed by atoms with Crippen molar-refractivity contribution in [2.45, 2.75) is 18.6 Å². The Hall–Kier alpha value is -1.24. The van der Waals surface area contributed by atoms with Crippen LogP contribution in [0.25, 0.3) is 10.7 Å². The zero-order chi connectivity index (χ0) is 11.0. The lowest BCUT2D eigenvalue weighted by atomic mass is 10.2. The molecule has 2 aromatic rings. The number of H-pyrrole nitrogens is 1. The van der Waals surface area contributed by atoms with E-state index in [-0.39, 0.29) is 12.1 Å². The number of aliphatic hydroxyl groups excluding tert-OH is 1. The first-order chi connectivity index (χ1) is 7.83. The van der Waals surface area contributed by atoms with Crippen molar-refractivity contribution in [1.29, 1.82) is 0 Å². The van der Waals surface area contributed by atoms with E-state index in [4.69, 9.17) is 0 Å². The highest BCUT2D eigenvalue weighted by Crippen LogP contribution is 2.24. The summed E-state index contributed by atoms with van der Waals surface area (Å²) in [5, 5.41) is 21.7. The van der Waals surface area contributed by atoms with E-state index in [1.54, 1.807) is 11.3 Å². The van der Waals surface area contributed by atoms with Gasteiger partial charge in [-0.15, -0.1) is 11.3 Å². The van der Waals surface area contributed by atoms with Crippen LogP contribution in [0.3, 0.4) is 0 Å². The van der Waals surface area contributed by atoms with Crippen LogP contribution >= 0.6 is 11.3 Å². The van der Waals surface area contributed by atoms with Gasteiger partial charge >= 0.3 is 0 Å². The minimum Gasteiger partial charge on any atom is -0.392 e. The van der Waals surface area contributed by atoms with E-state index in [0.29, 0.717) is 13.0 Å². The van der Waals surface area contributed by atoms with Gasteiger partial charge in [-0.1, -0.05) is 6.07 Å². The summed E-state index contributed by atoms with van der Waals surface area (Å²) in [4.78, 5) is 5.50. The third kappa shape index (κ3) is 1.75. The molecule has 0 radical (unpaired) electrons. The number of thiophene rings is 1. The van der Waals surface area contributed by atoms with Crippen molar-refractivity contribution < 1.29 is 5.11 Å². The number of aromatic nitrogens is 3. The lowest BCUT2D eigenvalue weighted by molar-refractivity contribution is 0.193. The number of rotatable bonds is 2. The first kappa shape index (κ1) is 9.95. The quantitative estimate of drug-likeness (QED) is 0.725. The molecular formula is C10H12N4OS. The molecule has 2 atom stereocenters. The first-order valence-electron chi connectivity index (χ1n) is 5.20. The average Bonchev–Trinajstić information content (AvgIpc) is 2.97. The highest BCUT2D eigenvalue weighted by molar-refractivity contribution is 7.13. The van der Waals surface area contributed by atoms with Crippen LogP contribution in [0.1, 0.15) is 18.3 Å². The average molecular weight is 236 g/mol. The second-order valence-corrected chi connectivity index (χ2v) is 4.82. The molecule has 2 aromatic heterocycles. The predicted octanol–water partition coefficient (Wildman–Crippen LogP) is 0.928. The van der Waals surface area contributed by atoms with Crippen LogP contribution in [0.5, 0.6) is 0 Å². The number of hydrogen-bond acceptors (Lipinski definition) is 5. The Balaban J connectivity index is 1.83. The third-order valence-corrected chi connectivity index (χ3v) is 3.55. The molecule has 6 heteroatoms. The SMILES string of the molecule is O[C@@H]1CN[C@H](c2nc(-c3cccs3)n[nH]2)C1. The maximum Gasteiger partial charge on any atom is 0.191 e. The van der Waals surface area contributed by atoms with Crippen molar-refractivity contribution >= 4 is 11.3 Å². The van der Waals surface area contributed by atoms with Gasteiger partial charge in [0, 0.05) is 6.54 Å². The minimum atomic E-state index is -0.278. The van der Waals surface area contributed by atoms with Gasteiger partial charge in [0.25, 0.3) is 0 Å². The molecule has 0 bridgehead atoms. The van der Waals surface area contributed by atoms with Gasteiger partial charge in [-0.25, -0.2) is 4.98 Å². The first-order valence-corrected chi connectivity index (χ1v) is 6.08. The van der Waals surface area contributed by atoms with E-state index in [9.17, 15) is 5.11 Å². The van der Waals surface area contributed by atoms with Gasteiger partial charge in [0.15, 0.2) is 5.82 Å². The van der Waals surface area contributed by atoms with Crippen LogP contribution < -0.4 is 5.32 Å². The fourth-order valence-corrected chi connectivity index (χ4v) is 2.53. The van der Waals surface area contributed by atoms with Crippen molar-refractivity contribution in [3.05, 3.63) is 23.3 Å². The van der Waals surface area contributed by atoms with Gasteiger partial charge in [0.1, 0.15) is 5.82 Å². The van der Waals surface area contributed by atoms with Crippen LogP contribution in [-0.2, 0) is 0 Å². The van der Waals surface area contributed by atoms with E-state index < -0.39 is 0 Å². The fraction of sp³-hybridized carbons (Fsp3) is 0.400. The summed E-state index contributed by atoms with van der Waals surface area (Å²) < 4.78 is 0. The number of aromatic amines is 1. The summed E-state index contributed by atoms with van der Waals surface area (Å²) in [5.74, 6) is 1.54. The number of nitrogens with one attached hydrogen (secondary N) is 2. The lowest BCUT2D eigenvalue weighted by Crippen LogP contribution is -2.15. The Labute approximate surface area is 96.5 Å². The Bertz CT molecular complexity index is 467. The van der Waals surface area contributed by atoms with E-state index >= 15 is 0 Å². The van der Waals surface area contributed by atoms with Gasteiger partial charge in [0.05, 0.1) is 17.0 Å². The van der Waals surface area contributed by atoms with E-state index in [2.05, 4.69) is 20.5 Å². The highest BCUT2D eigenvalue weighted by atomic mass is 32.1. The molecule has 0 aliphatic carbocycles. The minimum absolute atomic E-state index is 0.0937. The van der Waals surface area contributed by atoms with Gasteiger partial charge in [-0.05, 0) is 17.9 Å². The zero-order valence-corrected chi connectivity index (χ0v) is 9.37. The normalized spacial score (nSPS) is 25.1. The molecule has 0 amide bonds. The van der Waals surface area contributed by atoms with Gasteiger partial charge in [0.2, 0.25) is 0 Å². The maximum atomic E-state index is 9.43. The summed E-state index contributed by atoms with van der Waals surface area (Å²) in [6.07, 6.45) is 0.416. The molecule has 5 nitrogen and oxygen atoms in total. The van der Waals surface area contributed by atoms with Crippen molar-refractivity contribution in [2.24, 2.45) is 0 Å². The van der Waals surface area contributed by atoms with Crippen molar-refractivity contribution in [3.8, 4) is 10.7 Å². The van der Waals surface area contributed by atoms with Gasteiger partial charge in [-0.2, -0.15) is 5.10 Å². The maximum absolute atomic E-state index is 9.43. The Morgan fingerprint density at radius 3 is 3.12 bits per heavy atom. The van der Waals surface area contributed by atoms with Crippen LogP contribution in [0.15, 0.2) is 17.5 Å². The molecule has 1 aliphatic heterocycles. The van der Waals surface area contributed by atoms with Crippen molar-refractivity contribution in [3.63, 3.8) is 0 Å². The number of β-amino-alcohol motifs (C(OH)–C–C–N with tert-alkyl or cyclic N) is 1. The molecule has 0 spiro atoms. The topological polar surface area (TPSA) is 73.8 Å². The largest absolute Gasteiger partial charge is 0.392 e. The van der Waals surface area contributed by atoms with E-state index in [0.717, 1.165) is 16.5 Å². The second-order valence-electron chi connectivity index (χ2n) is 3.87. The molecular weight excluding hydrogens is 224 g/mol. The fourth-order valence-electron chi connectivity index (χ4n) is 1.87. The summed E-state index contributed by atoms with van der Waals surface area (Å²) in [5.41, 5.74) is 0. The van der Waals surface area contributed by atoms with Crippen molar-refractivity contribution in [1.82, 2.24) is 20.5 Å². The molecule has 0 aromatic carbocycles. The number of nitrogens with zero attached hydrogens (tertiary/aromatic N) is 2. The summed E-state index contributed by atoms with van der Waals surface area (Å²) in [6.45, 7) is 0.625. The monoisotopic (exact) mass is 236 g/mol. The smallest absolute Gasteiger partial charge is 0.191 e. The standard InChI is InChI=1S/C10H12N4OS/c15-6-4-7(11-5-6)9-12-10(14-13-9)8-2-1-3-16-8/h1-3,6-7,11,15H,4-5H2,(H,12,13,14)/t6-,7-/m0/s1. The van der Waals surface area contributed by atoms with E-state index in [1.165, 1.54) is 0 Å². The van der Waals surface area contributed by atoms with Crippen LogP contribution in [0.4, 0.5) is 0 Å². The van der Waals surface area contributed by atoms with Gasteiger partial charge < -0.3 is 10.4 Å². The Kier molecular flexibility index (Phi) is 2.47. The molecule has 3 rings (SSSR count). The molecule has 3 N–H and O–H groups in total. The second kappa shape index (κ2) is 3.97. The molecule has 84 valence electrons.